The number of nitrogens with zero attached hydrogens (tertiary/aromatic N) is 1. The summed E-state index contributed by atoms with van der Waals surface area (Å²) in [4.78, 5) is 0. The third-order valence-electron chi connectivity index (χ3n) is 2.67. The van der Waals surface area contributed by atoms with E-state index in [1.165, 1.54) is 0 Å². The van der Waals surface area contributed by atoms with Gasteiger partial charge in [-0.05, 0) is 44.9 Å². The highest BCUT2D eigenvalue weighted by Crippen LogP contribution is 2.26. The molecule has 0 amide bonds. The predicted molar refractivity (Wildman–Crippen MR) is 78.2 cm³/mol. The molecule has 0 saturated heterocycles. The first-order valence-electron chi connectivity index (χ1n) is 5.87. The van der Waals surface area contributed by atoms with Crippen molar-refractivity contribution < 1.29 is 4.74 Å². The molecule has 1 rings (SSSR count). The predicted octanol–water partition coefficient (Wildman–Crippen LogP) is 4.94. The van der Waals surface area contributed by atoms with Crippen LogP contribution in [0.2, 0.25) is 5.02 Å². The molecule has 0 aromatic heterocycles. The summed E-state index contributed by atoms with van der Waals surface area (Å²) in [5.74, 6) is 0.853. The van der Waals surface area contributed by atoms with E-state index in [0.717, 1.165) is 24.2 Å². The zero-order chi connectivity index (χ0) is 13.6. The van der Waals surface area contributed by atoms with Gasteiger partial charge in [0.15, 0.2) is 0 Å². The van der Waals surface area contributed by atoms with Crippen LogP contribution in [0.5, 0.6) is 5.75 Å². The van der Waals surface area contributed by atoms with Gasteiger partial charge in [0, 0.05) is 15.9 Å². The number of ether oxygens (including phenoxy) is 1. The summed E-state index contributed by atoms with van der Waals surface area (Å²) in [7, 11) is 0. The van der Waals surface area contributed by atoms with E-state index in [9.17, 15) is 0 Å². The highest BCUT2D eigenvalue weighted by Gasteiger charge is 2.15. The molecule has 0 radical (unpaired) electrons. The first-order chi connectivity index (χ1) is 8.48. The summed E-state index contributed by atoms with van der Waals surface area (Å²) in [5.41, 5.74) is 0.767. The molecule has 0 aliphatic carbocycles. The van der Waals surface area contributed by atoms with Crippen molar-refractivity contribution in [2.75, 3.05) is 6.61 Å². The van der Waals surface area contributed by atoms with E-state index >= 15 is 0 Å². The molecule has 0 unspecified atom stereocenters. The van der Waals surface area contributed by atoms with Crippen LogP contribution in [-0.2, 0) is 5.33 Å². The number of hydrogen-bond donors (Lipinski definition) is 0. The zero-order valence-electron chi connectivity index (χ0n) is 10.7. The van der Waals surface area contributed by atoms with Crippen molar-refractivity contribution in [2.24, 2.45) is 5.41 Å². The Morgan fingerprint density at radius 2 is 2.17 bits per heavy atom. The summed E-state index contributed by atoms with van der Waals surface area (Å²) in [6, 6.07) is 7.89. The Labute approximate surface area is 122 Å². The van der Waals surface area contributed by atoms with Crippen molar-refractivity contribution in [3.8, 4) is 11.8 Å². The third kappa shape index (κ3) is 4.88. The van der Waals surface area contributed by atoms with Crippen molar-refractivity contribution in [3.63, 3.8) is 0 Å². The van der Waals surface area contributed by atoms with Crippen molar-refractivity contribution in [3.05, 3.63) is 28.8 Å². The van der Waals surface area contributed by atoms with E-state index in [1.807, 2.05) is 32.0 Å². The molecule has 2 nitrogen and oxygen atoms in total. The summed E-state index contributed by atoms with van der Waals surface area (Å²) >= 11 is 9.34. The molecule has 0 fully saturated rings. The molecule has 1 aromatic carbocycles. The zero-order valence-corrected chi connectivity index (χ0v) is 13.0. The van der Waals surface area contributed by atoms with Gasteiger partial charge >= 0.3 is 0 Å². The lowest BCUT2D eigenvalue weighted by Crippen LogP contribution is -2.10. The molecule has 0 spiro atoms. The van der Waals surface area contributed by atoms with E-state index in [0.29, 0.717) is 17.0 Å². The number of hydrogen-bond acceptors (Lipinski definition) is 2. The molecule has 0 saturated carbocycles. The van der Waals surface area contributed by atoms with Crippen LogP contribution >= 0.6 is 27.5 Å². The van der Waals surface area contributed by atoms with E-state index in [2.05, 4.69) is 22.0 Å². The van der Waals surface area contributed by atoms with Crippen LogP contribution in [0.3, 0.4) is 0 Å². The second-order valence-corrected chi connectivity index (χ2v) is 5.83. The second kappa shape index (κ2) is 7.01. The molecule has 0 N–H and O–H groups in total. The molecular weight excluding hydrogens is 314 g/mol. The van der Waals surface area contributed by atoms with Gasteiger partial charge in [0.25, 0.3) is 0 Å². The Kier molecular flexibility index (Phi) is 5.98. The smallest absolute Gasteiger partial charge is 0.123 e. The number of halogens is 2. The Bertz CT molecular complexity index is 440. The summed E-state index contributed by atoms with van der Waals surface area (Å²) in [5, 5.41) is 10.3. The number of rotatable bonds is 6. The minimum Gasteiger partial charge on any atom is -0.493 e. The lowest BCUT2D eigenvalue weighted by molar-refractivity contribution is 0.282. The number of benzene rings is 1. The Morgan fingerprint density at radius 1 is 1.44 bits per heavy atom. The Hall–Kier alpha value is -0.720. The normalized spacial score (nSPS) is 11.1. The summed E-state index contributed by atoms with van der Waals surface area (Å²) < 4.78 is 5.72. The molecule has 0 heterocycles. The monoisotopic (exact) mass is 329 g/mol. The first kappa shape index (κ1) is 15.3. The lowest BCUT2D eigenvalue weighted by atomic mass is 9.90. The van der Waals surface area contributed by atoms with E-state index < -0.39 is 0 Å². The summed E-state index contributed by atoms with van der Waals surface area (Å²) in [6.45, 7) is 4.51. The molecule has 4 heteroatoms. The fraction of sp³-hybridized carbons (Fsp3) is 0.500. The van der Waals surface area contributed by atoms with Crippen molar-refractivity contribution >= 4 is 27.5 Å². The maximum atomic E-state index is 8.91. The Balaban J connectivity index is 2.47. The highest BCUT2D eigenvalue weighted by molar-refractivity contribution is 9.08. The molecule has 0 bridgehead atoms. The molecule has 0 aliphatic heterocycles. The topological polar surface area (TPSA) is 33.0 Å². The highest BCUT2D eigenvalue weighted by atomic mass is 79.9. The fourth-order valence-corrected chi connectivity index (χ4v) is 2.18. The van der Waals surface area contributed by atoms with Gasteiger partial charge in [-0.25, -0.2) is 0 Å². The van der Waals surface area contributed by atoms with Crippen LogP contribution in [0.25, 0.3) is 0 Å². The van der Waals surface area contributed by atoms with Crippen molar-refractivity contribution in [1.29, 1.82) is 5.26 Å². The Morgan fingerprint density at radius 3 is 2.78 bits per heavy atom. The first-order valence-corrected chi connectivity index (χ1v) is 7.37. The average molecular weight is 331 g/mol. The van der Waals surface area contributed by atoms with Gasteiger partial charge in [-0.3, -0.25) is 0 Å². The maximum Gasteiger partial charge on any atom is 0.123 e. The quantitative estimate of drug-likeness (QED) is 0.546. The van der Waals surface area contributed by atoms with Crippen LogP contribution in [0, 0.1) is 16.7 Å². The molecule has 0 aliphatic rings. The van der Waals surface area contributed by atoms with Crippen LogP contribution in [-0.4, -0.2) is 6.61 Å². The number of alkyl halides is 1. The minimum absolute atomic E-state index is 0.276. The molecule has 0 atom stereocenters. The fourth-order valence-electron chi connectivity index (χ4n) is 1.55. The largest absolute Gasteiger partial charge is 0.493 e. The molecule has 18 heavy (non-hydrogen) atoms. The van der Waals surface area contributed by atoms with Gasteiger partial charge < -0.3 is 4.74 Å². The van der Waals surface area contributed by atoms with Crippen LogP contribution in [0.1, 0.15) is 32.3 Å². The molecular formula is C14H17BrClNO. The summed E-state index contributed by atoms with van der Waals surface area (Å²) in [6.07, 6.45) is 1.70. The van der Waals surface area contributed by atoms with Gasteiger partial charge in [0.2, 0.25) is 0 Å². The minimum atomic E-state index is -0.276. The SMILES string of the molecule is CC(C)(C#N)CCCOc1ccc(Cl)cc1CBr. The van der Waals surface area contributed by atoms with Gasteiger partial charge in [-0.15, -0.1) is 0 Å². The lowest BCUT2D eigenvalue weighted by Gasteiger charge is -2.15. The van der Waals surface area contributed by atoms with Crippen LogP contribution < -0.4 is 4.74 Å². The number of nitriles is 1. The molecule has 1 aromatic rings. The van der Waals surface area contributed by atoms with Gasteiger partial charge in [-0.2, -0.15) is 5.26 Å². The van der Waals surface area contributed by atoms with Gasteiger partial charge in [0.1, 0.15) is 5.75 Å². The standard InChI is InChI=1S/C14H17BrClNO/c1-14(2,10-17)6-3-7-18-13-5-4-12(16)8-11(13)9-15/h4-5,8H,3,6-7,9H2,1-2H3. The van der Waals surface area contributed by atoms with Crippen LogP contribution in [0.4, 0.5) is 0 Å². The van der Waals surface area contributed by atoms with Crippen molar-refractivity contribution in [1.82, 2.24) is 0 Å². The van der Waals surface area contributed by atoms with Crippen LogP contribution in [0.15, 0.2) is 18.2 Å². The second-order valence-electron chi connectivity index (χ2n) is 4.83. The van der Waals surface area contributed by atoms with Gasteiger partial charge in [0.05, 0.1) is 18.1 Å². The average Bonchev–Trinajstić information content (AvgIpc) is 2.36. The maximum absolute atomic E-state index is 8.91. The third-order valence-corrected chi connectivity index (χ3v) is 3.51. The van der Waals surface area contributed by atoms with E-state index in [1.54, 1.807) is 0 Å². The molecule has 98 valence electrons. The van der Waals surface area contributed by atoms with E-state index in [-0.39, 0.29) is 5.41 Å². The van der Waals surface area contributed by atoms with Gasteiger partial charge in [-0.1, -0.05) is 27.5 Å². The van der Waals surface area contributed by atoms with Crippen molar-refractivity contribution in [2.45, 2.75) is 32.0 Å². The van der Waals surface area contributed by atoms with E-state index in [4.69, 9.17) is 21.6 Å².